The van der Waals surface area contributed by atoms with Crippen molar-refractivity contribution in [1.29, 1.82) is 0 Å². The number of nitrogens with zero attached hydrogens (tertiary/aromatic N) is 4. The molecule has 21 heavy (non-hydrogen) atoms. The molecule has 0 bridgehead atoms. The lowest BCUT2D eigenvalue weighted by atomic mass is 10.1. The van der Waals surface area contributed by atoms with Crippen LogP contribution in [0.5, 0.6) is 0 Å². The normalized spacial score (nSPS) is 16.8. The van der Waals surface area contributed by atoms with Crippen LogP contribution in [-0.2, 0) is 7.05 Å². The molecule has 3 heterocycles. The van der Waals surface area contributed by atoms with Crippen LogP contribution in [0.2, 0.25) is 0 Å². The van der Waals surface area contributed by atoms with Gasteiger partial charge in [-0.15, -0.1) is 0 Å². The summed E-state index contributed by atoms with van der Waals surface area (Å²) in [5, 5.41) is 7.68. The molecular formula is C16H23N5. The molecular weight excluding hydrogens is 262 g/mol. The number of piperidine rings is 1. The van der Waals surface area contributed by atoms with Crippen molar-refractivity contribution in [3.05, 3.63) is 36.3 Å². The maximum absolute atomic E-state index is 4.60. The van der Waals surface area contributed by atoms with Gasteiger partial charge in [0.15, 0.2) is 0 Å². The number of hydrogen-bond donors (Lipinski definition) is 1. The minimum Gasteiger partial charge on any atom is -0.377 e. The molecule has 0 amide bonds. The van der Waals surface area contributed by atoms with Crippen molar-refractivity contribution < 1.29 is 0 Å². The van der Waals surface area contributed by atoms with Crippen LogP contribution in [0.3, 0.4) is 0 Å². The van der Waals surface area contributed by atoms with E-state index < -0.39 is 0 Å². The molecule has 1 N–H and O–H groups in total. The van der Waals surface area contributed by atoms with E-state index >= 15 is 0 Å². The van der Waals surface area contributed by atoms with Crippen molar-refractivity contribution in [2.24, 2.45) is 7.05 Å². The zero-order valence-corrected chi connectivity index (χ0v) is 12.8. The summed E-state index contributed by atoms with van der Waals surface area (Å²) in [4.78, 5) is 6.97. The second kappa shape index (κ2) is 6.16. The summed E-state index contributed by atoms with van der Waals surface area (Å²) in [6.07, 6.45) is 9.76. The van der Waals surface area contributed by atoms with Gasteiger partial charge in [0, 0.05) is 31.9 Å². The van der Waals surface area contributed by atoms with Gasteiger partial charge in [0.2, 0.25) is 0 Å². The summed E-state index contributed by atoms with van der Waals surface area (Å²) in [5.74, 6) is 1.09. The van der Waals surface area contributed by atoms with E-state index in [1.54, 1.807) is 0 Å². The Morgan fingerprint density at radius 1 is 1.14 bits per heavy atom. The summed E-state index contributed by atoms with van der Waals surface area (Å²) >= 11 is 0. The van der Waals surface area contributed by atoms with Gasteiger partial charge < -0.3 is 10.2 Å². The predicted octanol–water partition coefficient (Wildman–Crippen LogP) is 2.98. The Labute approximate surface area is 126 Å². The Hall–Kier alpha value is -2.04. The summed E-state index contributed by atoms with van der Waals surface area (Å²) < 4.78 is 1.82. The Bertz CT molecular complexity index is 569. The monoisotopic (exact) mass is 285 g/mol. The Kier molecular flexibility index (Phi) is 4.08. The zero-order chi connectivity index (χ0) is 14.7. The van der Waals surface area contributed by atoms with Gasteiger partial charge in [0.05, 0.1) is 24.1 Å². The van der Waals surface area contributed by atoms with Crippen LogP contribution < -0.4 is 10.2 Å². The smallest absolute Gasteiger partial charge is 0.128 e. The lowest BCUT2D eigenvalue weighted by Gasteiger charge is -2.27. The average molecular weight is 285 g/mol. The first-order valence-electron chi connectivity index (χ1n) is 7.68. The molecule has 0 aliphatic carbocycles. The SMILES string of the molecule is CC(Nc1ccc(N2CCCCC2)nc1)c1cnn(C)c1. The van der Waals surface area contributed by atoms with Gasteiger partial charge >= 0.3 is 0 Å². The first-order chi connectivity index (χ1) is 10.2. The minimum atomic E-state index is 0.223. The molecule has 3 rings (SSSR count). The highest BCUT2D eigenvalue weighted by Crippen LogP contribution is 2.21. The predicted molar refractivity (Wildman–Crippen MR) is 85.5 cm³/mol. The van der Waals surface area contributed by atoms with Gasteiger partial charge in [-0.2, -0.15) is 5.10 Å². The highest BCUT2D eigenvalue weighted by Gasteiger charge is 2.12. The minimum absolute atomic E-state index is 0.223. The first-order valence-corrected chi connectivity index (χ1v) is 7.68. The van der Waals surface area contributed by atoms with Crippen molar-refractivity contribution in [3.63, 3.8) is 0 Å². The van der Waals surface area contributed by atoms with Gasteiger partial charge in [0.1, 0.15) is 5.82 Å². The molecule has 1 aliphatic rings. The molecule has 0 saturated carbocycles. The number of nitrogens with one attached hydrogen (secondary N) is 1. The molecule has 2 aromatic rings. The third-order valence-corrected chi connectivity index (χ3v) is 4.04. The van der Waals surface area contributed by atoms with Crippen molar-refractivity contribution >= 4 is 11.5 Å². The zero-order valence-electron chi connectivity index (χ0n) is 12.8. The van der Waals surface area contributed by atoms with Crippen LogP contribution >= 0.6 is 0 Å². The topological polar surface area (TPSA) is 46.0 Å². The van der Waals surface area contributed by atoms with Gasteiger partial charge in [0.25, 0.3) is 0 Å². The van der Waals surface area contributed by atoms with Crippen molar-refractivity contribution in [2.75, 3.05) is 23.3 Å². The fourth-order valence-corrected chi connectivity index (χ4v) is 2.78. The standard InChI is InChI=1S/C16H23N5/c1-13(14-10-18-20(2)12-14)19-15-6-7-16(17-11-15)21-8-4-3-5-9-21/h6-7,10-13,19H,3-5,8-9H2,1-2H3. The second-order valence-electron chi connectivity index (χ2n) is 5.77. The Morgan fingerprint density at radius 3 is 2.57 bits per heavy atom. The summed E-state index contributed by atoms with van der Waals surface area (Å²) in [6.45, 7) is 4.40. The average Bonchev–Trinajstić information content (AvgIpc) is 2.96. The van der Waals surface area contributed by atoms with E-state index in [-0.39, 0.29) is 6.04 Å². The van der Waals surface area contributed by atoms with Gasteiger partial charge in [-0.25, -0.2) is 4.98 Å². The van der Waals surface area contributed by atoms with Crippen LogP contribution in [0.25, 0.3) is 0 Å². The third kappa shape index (κ3) is 3.35. The number of hydrogen-bond acceptors (Lipinski definition) is 4. The van der Waals surface area contributed by atoms with E-state index in [4.69, 9.17) is 0 Å². The molecule has 1 fully saturated rings. The number of aromatic nitrogens is 3. The van der Waals surface area contributed by atoms with E-state index in [0.29, 0.717) is 0 Å². The van der Waals surface area contributed by atoms with E-state index in [1.165, 1.54) is 24.8 Å². The number of aryl methyl sites for hydroxylation is 1. The van der Waals surface area contributed by atoms with Gasteiger partial charge in [-0.3, -0.25) is 4.68 Å². The quantitative estimate of drug-likeness (QED) is 0.938. The molecule has 1 aliphatic heterocycles. The van der Waals surface area contributed by atoms with Crippen LogP contribution in [0.4, 0.5) is 11.5 Å². The first kappa shape index (κ1) is 13.9. The molecule has 0 radical (unpaired) electrons. The van der Waals surface area contributed by atoms with Crippen LogP contribution in [0, 0.1) is 0 Å². The van der Waals surface area contributed by atoms with E-state index in [1.807, 2.05) is 30.3 Å². The number of pyridine rings is 1. The van der Waals surface area contributed by atoms with Crippen molar-refractivity contribution in [3.8, 4) is 0 Å². The van der Waals surface area contributed by atoms with E-state index in [0.717, 1.165) is 24.6 Å². The fourth-order valence-electron chi connectivity index (χ4n) is 2.78. The lowest BCUT2D eigenvalue weighted by Crippen LogP contribution is -2.30. The maximum atomic E-state index is 4.60. The molecule has 1 unspecified atom stereocenters. The summed E-state index contributed by atoms with van der Waals surface area (Å²) in [5.41, 5.74) is 2.23. The van der Waals surface area contributed by atoms with Crippen LogP contribution in [-0.4, -0.2) is 27.9 Å². The largest absolute Gasteiger partial charge is 0.377 e. The van der Waals surface area contributed by atoms with Gasteiger partial charge in [-0.05, 0) is 38.3 Å². The molecule has 0 aromatic carbocycles. The summed E-state index contributed by atoms with van der Waals surface area (Å²) in [6, 6.07) is 4.45. The number of anilines is 2. The van der Waals surface area contributed by atoms with Crippen molar-refractivity contribution in [2.45, 2.75) is 32.2 Å². The lowest BCUT2D eigenvalue weighted by molar-refractivity contribution is 0.573. The highest BCUT2D eigenvalue weighted by molar-refractivity contribution is 5.49. The van der Waals surface area contributed by atoms with E-state index in [9.17, 15) is 0 Å². The fraction of sp³-hybridized carbons (Fsp3) is 0.500. The molecule has 5 heteroatoms. The highest BCUT2D eigenvalue weighted by atomic mass is 15.2. The van der Waals surface area contributed by atoms with Crippen LogP contribution in [0.15, 0.2) is 30.7 Å². The Morgan fingerprint density at radius 2 is 1.95 bits per heavy atom. The maximum Gasteiger partial charge on any atom is 0.128 e. The van der Waals surface area contributed by atoms with Gasteiger partial charge in [-0.1, -0.05) is 0 Å². The Balaban J connectivity index is 1.63. The number of rotatable bonds is 4. The molecule has 112 valence electrons. The molecule has 5 nitrogen and oxygen atoms in total. The van der Waals surface area contributed by atoms with E-state index in [2.05, 4.69) is 39.4 Å². The summed E-state index contributed by atoms with van der Waals surface area (Å²) in [7, 11) is 1.94. The molecule has 1 saturated heterocycles. The second-order valence-corrected chi connectivity index (χ2v) is 5.77. The molecule has 2 aromatic heterocycles. The molecule has 0 spiro atoms. The van der Waals surface area contributed by atoms with Crippen LogP contribution in [0.1, 0.15) is 37.8 Å². The van der Waals surface area contributed by atoms with Crippen molar-refractivity contribution in [1.82, 2.24) is 14.8 Å². The molecule has 1 atom stereocenters. The third-order valence-electron chi connectivity index (χ3n) is 4.04.